The summed E-state index contributed by atoms with van der Waals surface area (Å²) in [5, 5.41) is 0. The Morgan fingerprint density at radius 2 is 2.08 bits per heavy atom. The molecule has 1 aromatic rings. The van der Waals surface area contributed by atoms with E-state index in [2.05, 4.69) is 6.58 Å². The molecule has 68 valence electrons. The second-order valence-corrected chi connectivity index (χ2v) is 2.93. The molecule has 0 radical (unpaired) electrons. The van der Waals surface area contributed by atoms with Crippen molar-refractivity contribution in [2.75, 3.05) is 0 Å². The molecule has 13 heavy (non-hydrogen) atoms. The van der Waals surface area contributed by atoms with E-state index < -0.39 is 0 Å². The van der Waals surface area contributed by atoms with E-state index in [1.54, 1.807) is 6.08 Å². The van der Waals surface area contributed by atoms with Crippen molar-refractivity contribution in [3.8, 4) is 0 Å². The Hall–Kier alpha value is -1.57. The number of hydrogen-bond acceptors (Lipinski definition) is 1. The predicted molar refractivity (Wildman–Crippen MR) is 53.0 cm³/mol. The van der Waals surface area contributed by atoms with Crippen molar-refractivity contribution in [1.82, 2.24) is 0 Å². The molecule has 0 aliphatic carbocycles. The molecule has 0 aliphatic heterocycles. The van der Waals surface area contributed by atoms with Crippen LogP contribution in [0.25, 0.3) is 0 Å². The van der Waals surface area contributed by atoms with Gasteiger partial charge in [-0.3, -0.25) is 4.79 Å². The zero-order valence-corrected chi connectivity index (χ0v) is 7.44. The molecule has 0 fully saturated rings. The lowest BCUT2D eigenvalue weighted by molar-refractivity contribution is -0.120. The topological polar surface area (TPSA) is 43.1 Å². The van der Waals surface area contributed by atoms with Crippen LogP contribution in [0, 0.1) is 5.92 Å². The van der Waals surface area contributed by atoms with Crippen molar-refractivity contribution in [2.24, 2.45) is 11.7 Å². The molecule has 2 nitrogen and oxygen atoms in total. The highest BCUT2D eigenvalue weighted by atomic mass is 16.1. The van der Waals surface area contributed by atoms with Gasteiger partial charge in [-0.05, 0) is 12.0 Å². The van der Waals surface area contributed by atoms with Crippen LogP contribution in [0.1, 0.15) is 5.56 Å². The molecule has 0 saturated carbocycles. The first kappa shape index (κ1) is 9.52. The second kappa shape index (κ2) is 4.45. The third-order valence-electron chi connectivity index (χ3n) is 1.95. The Morgan fingerprint density at radius 1 is 1.46 bits per heavy atom. The minimum Gasteiger partial charge on any atom is -0.369 e. The van der Waals surface area contributed by atoms with Gasteiger partial charge in [-0.25, -0.2) is 0 Å². The number of hydrogen-bond donors (Lipinski definition) is 1. The summed E-state index contributed by atoms with van der Waals surface area (Å²) in [5.74, 6) is -0.582. The number of amides is 1. The average Bonchev–Trinajstić information content (AvgIpc) is 2.15. The maximum atomic E-state index is 10.9. The molecule has 0 spiro atoms. The van der Waals surface area contributed by atoms with Gasteiger partial charge in [-0.2, -0.15) is 0 Å². The molecule has 1 aromatic carbocycles. The summed E-state index contributed by atoms with van der Waals surface area (Å²) in [6, 6.07) is 9.77. The Kier molecular flexibility index (Phi) is 3.26. The molecule has 0 unspecified atom stereocenters. The molecule has 2 heteroatoms. The van der Waals surface area contributed by atoms with Gasteiger partial charge in [0.15, 0.2) is 0 Å². The monoisotopic (exact) mass is 175 g/mol. The lowest BCUT2D eigenvalue weighted by Crippen LogP contribution is -2.23. The van der Waals surface area contributed by atoms with Crippen LogP contribution in [0.2, 0.25) is 0 Å². The molecule has 1 atom stereocenters. The van der Waals surface area contributed by atoms with Crippen LogP contribution < -0.4 is 5.73 Å². The second-order valence-electron chi connectivity index (χ2n) is 2.93. The summed E-state index contributed by atoms with van der Waals surface area (Å²) >= 11 is 0. The third-order valence-corrected chi connectivity index (χ3v) is 1.95. The quantitative estimate of drug-likeness (QED) is 0.693. The van der Waals surface area contributed by atoms with Gasteiger partial charge in [-0.15, -0.1) is 6.58 Å². The summed E-state index contributed by atoms with van der Waals surface area (Å²) in [6.45, 7) is 3.58. The van der Waals surface area contributed by atoms with E-state index in [1.807, 2.05) is 30.3 Å². The van der Waals surface area contributed by atoms with Gasteiger partial charge < -0.3 is 5.73 Å². The van der Waals surface area contributed by atoms with Gasteiger partial charge in [0.1, 0.15) is 0 Å². The number of rotatable bonds is 4. The molecule has 0 saturated heterocycles. The summed E-state index contributed by atoms with van der Waals surface area (Å²) < 4.78 is 0. The first-order valence-electron chi connectivity index (χ1n) is 4.20. The van der Waals surface area contributed by atoms with Crippen LogP contribution in [0.5, 0.6) is 0 Å². The third kappa shape index (κ3) is 2.75. The summed E-state index contributed by atoms with van der Waals surface area (Å²) in [7, 11) is 0. The Bertz CT molecular complexity index is 292. The number of nitrogens with two attached hydrogens (primary N) is 1. The summed E-state index contributed by atoms with van der Waals surface area (Å²) in [5.41, 5.74) is 6.29. The Morgan fingerprint density at radius 3 is 2.54 bits per heavy atom. The molecule has 0 bridgehead atoms. The van der Waals surface area contributed by atoms with Gasteiger partial charge in [0, 0.05) is 0 Å². The van der Waals surface area contributed by atoms with Crippen molar-refractivity contribution in [3.63, 3.8) is 0 Å². The largest absolute Gasteiger partial charge is 0.369 e. The summed E-state index contributed by atoms with van der Waals surface area (Å²) in [6.07, 6.45) is 2.23. The van der Waals surface area contributed by atoms with Crippen molar-refractivity contribution in [2.45, 2.75) is 6.42 Å². The molecular weight excluding hydrogens is 162 g/mol. The van der Waals surface area contributed by atoms with E-state index in [1.165, 1.54) is 0 Å². The zero-order valence-electron chi connectivity index (χ0n) is 7.44. The molecule has 1 amide bonds. The molecule has 0 heterocycles. The van der Waals surface area contributed by atoms with Gasteiger partial charge in [0.05, 0.1) is 5.92 Å². The lowest BCUT2D eigenvalue weighted by atomic mass is 9.99. The van der Waals surface area contributed by atoms with E-state index >= 15 is 0 Å². The van der Waals surface area contributed by atoms with Crippen molar-refractivity contribution in [3.05, 3.63) is 48.6 Å². The van der Waals surface area contributed by atoms with Crippen molar-refractivity contribution in [1.29, 1.82) is 0 Å². The molecule has 0 aromatic heterocycles. The molecule has 2 N–H and O–H groups in total. The van der Waals surface area contributed by atoms with E-state index in [0.717, 1.165) is 5.56 Å². The zero-order chi connectivity index (χ0) is 9.68. The first-order chi connectivity index (χ1) is 6.24. The normalized spacial score (nSPS) is 12.0. The van der Waals surface area contributed by atoms with E-state index in [0.29, 0.717) is 6.42 Å². The van der Waals surface area contributed by atoms with Crippen molar-refractivity contribution >= 4 is 5.91 Å². The Labute approximate surface area is 78.1 Å². The maximum absolute atomic E-state index is 10.9. The minimum absolute atomic E-state index is 0.262. The fourth-order valence-electron chi connectivity index (χ4n) is 1.17. The smallest absolute Gasteiger partial charge is 0.224 e. The maximum Gasteiger partial charge on any atom is 0.224 e. The average molecular weight is 175 g/mol. The molecule has 0 aliphatic rings. The van der Waals surface area contributed by atoms with Crippen LogP contribution in [-0.2, 0) is 11.2 Å². The molecular formula is C11H13NO. The van der Waals surface area contributed by atoms with Gasteiger partial charge in [0.25, 0.3) is 0 Å². The van der Waals surface area contributed by atoms with Gasteiger partial charge in [-0.1, -0.05) is 36.4 Å². The number of carbonyl (C=O) groups is 1. The predicted octanol–water partition coefficient (Wildman–Crippen LogP) is 1.52. The first-order valence-corrected chi connectivity index (χ1v) is 4.20. The van der Waals surface area contributed by atoms with Crippen LogP contribution in [-0.4, -0.2) is 5.91 Å². The highest BCUT2D eigenvalue weighted by molar-refractivity contribution is 5.78. The van der Waals surface area contributed by atoms with Gasteiger partial charge in [0.2, 0.25) is 5.91 Å². The van der Waals surface area contributed by atoms with E-state index in [4.69, 9.17) is 5.73 Å². The highest BCUT2D eigenvalue weighted by Gasteiger charge is 2.10. The van der Waals surface area contributed by atoms with Crippen molar-refractivity contribution < 1.29 is 4.79 Å². The minimum atomic E-state index is -0.321. The van der Waals surface area contributed by atoms with Crippen LogP contribution in [0.4, 0.5) is 0 Å². The number of carbonyl (C=O) groups excluding carboxylic acids is 1. The standard InChI is InChI=1S/C11H13NO/c1-2-10(11(12)13)8-9-6-4-3-5-7-9/h2-7,10H,1,8H2,(H2,12,13)/t10-/m1/s1. The number of primary amides is 1. The lowest BCUT2D eigenvalue weighted by Gasteiger charge is -2.07. The van der Waals surface area contributed by atoms with E-state index in [9.17, 15) is 4.79 Å². The van der Waals surface area contributed by atoms with Crippen LogP contribution >= 0.6 is 0 Å². The Balaban J connectivity index is 2.67. The van der Waals surface area contributed by atoms with Crippen LogP contribution in [0.3, 0.4) is 0 Å². The number of benzene rings is 1. The van der Waals surface area contributed by atoms with Crippen LogP contribution in [0.15, 0.2) is 43.0 Å². The molecule has 1 rings (SSSR count). The highest BCUT2D eigenvalue weighted by Crippen LogP contribution is 2.08. The summed E-state index contributed by atoms with van der Waals surface area (Å²) in [4.78, 5) is 10.9. The fourth-order valence-corrected chi connectivity index (χ4v) is 1.17. The fraction of sp³-hybridized carbons (Fsp3) is 0.182. The van der Waals surface area contributed by atoms with Gasteiger partial charge >= 0.3 is 0 Å². The SMILES string of the molecule is C=C[C@H](Cc1ccccc1)C(N)=O. The van der Waals surface area contributed by atoms with E-state index in [-0.39, 0.29) is 11.8 Å².